The first-order valence-corrected chi connectivity index (χ1v) is 9.95. The van der Waals surface area contributed by atoms with Crippen LogP contribution < -0.4 is 0 Å². The Kier molecular flexibility index (Phi) is 6.77. The summed E-state index contributed by atoms with van der Waals surface area (Å²) < 4.78 is 27.2. The molecule has 24 heavy (non-hydrogen) atoms. The van der Waals surface area contributed by atoms with Crippen molar-refractivity contribution < 1.29 is 18.3 Å². The lowest BCUT2D eigenvalue weighted by Gasteiger charge is -2.22. The highest BCUT2D eigenvalue weighted by Crippen LogP contribution is 2.21. The van der Waals surface area contributed by atoms with Gasteiger partial charge in [-0.25, -0.2) is 8.42 Å². The lowest BCUT2D eigenvalue weighted by molar-refractivity contribution is 0.0731. The van der Waals surface area contributed by atoms with Crippen LogP contribution in [0.2, 0.25) is 0 Å². The summed E-state index contributed by atoms with van der Waals surface area (Å²) in [5.74, 6) is -0.264. The summed E-state index contributed by atoms with van der Waals surface area (Å²) in [6.07, 6.45) is 3.85. The summed E-state index contributed by atoms with van der Waals surface area (Å²) in [6, 6.07) is 6.20. The van der Waals surface area contributed by atoms with E-state index in [2.05, 4.69) is 0 Å². The molecule has 0 radical (unpaired) electrons. The van der Waals surface area contributed by atoms with Crippen molar-refractivity contribution in [3.63, 3.8) is 0 Å². The van der Waals surface area contributed by atoms with Crippen LogP contribution in [0.5, 0.6) is 0 Å². The average molecular weight is 354 g/mol. The molecule has 0 atom stereocenters. The zero-order valence-electron chi connectivity index (χ0n) is 14.1. The van der Waals surface area contributed by atoms with Gasteiger partial charge in [-0.2, -0.15) is 4.31 Å². The van der Waals surface area contributed by atoms with E-state index >= 15 is 0 Å². The number of likely N-dealkylation sites (N-methyl/N-ethyl adjacent to an activating group) is 1. The van der Waals surface area contributed by atoms with Crippen LogP contribution in [0.15, 0.2) is 29.2 Å². The van der Waals surface area contributed by atoms with E-state index in [1.165, 1.54) is 15.3 Å². The van der Waals surface area contributed by atoms with E-state index in [-0.39, 0.29) is 24.0 Å². The summed E-state index contributed by atoms with van der Waals surface area (Å²) in [7, 11) is -3.57. The van der Waals surface area contributed by atoms with Crippen LogP contribution in [0.1, 0.15) is 43.0 Å². The monoisotopic (exact) mass is 354 g/mol. The summed E-state index contributed by atoms with van der Waals surface area (Å²) in [5.41, 5.74) is 0.334. The molecule has 1 aliphatic heterocycles. The van der Waals surface area contributed by atoms with E-state index in [1.54, 1.807) is 18.2 Å². The Morgan fingerprint density at radius 3 is 2.46 bits per heavy atom. The van der Waals surface area contributed by atoms with Crippen molar-refractivity contribution in [2.75, 3.05) is 32.8 Å². The molecule has 0 aliphatic carbocycles. The second-order valence-corrected chi connectivity index (χ2v) is 7.89. The zero-order valence-corrected chi connectivity index (χ0v) is 15.0. The average Bonchev–Trinajstić information content (AvgIpc) is 2.89. The number of aliphatic hydroxyl groups is 1. The molecular weight excluding hydrogens is 328 g/mol. The molecule has 0 bridgehead atoms. The number of benzene rings is 1. The zero-order chi connectivity index (χ0) is 17.6. The quantitative estimate of drug-likeness (QED) is 0.843. The normalized spacial score (nSPS) is 16.6. The fourth-order valence-corrected chi connectivity index (χ4v) is 4.49. The minimum Gasteiger partial charge on any atom is -0.395 e. The van der Waals surface area contributed by atoms with E-state index in [4.69, 9.17) is 5.11 Å². The molecule has 0 saturated carbocycles. The van der Waals surface area contributed by atoms with Gasteiger partial charge in [0.05, 0.1) is 11.5 Å². The van der Waals surface area contributed by atoms with Gasteiger partial charge in [-0.05, 0) is 38.0 Å². The van der Waals surface area contributed by atoms with Crippen molar-refractivity contribution in [3.05, 3.63) is 29.8 Å². The minimum absolute atomic E-state index is 0.120. The summed E-state index contributed by atoms with van der Waals surface area (Å²) in [4.78, 5) is 14.1. The Morgan fingerprint density at radius 1 is 1.21 bits per heavy atom. The number of nitrogens with zero attached hydrogens (tertiary/aromatic N) is 2. The number of hydrogen-bond donors (Lipinski definition) is 1. The Labute approximate surface area is 144 Å². The molecule has 1 aliphatic rings. The van der Waals surface area contributed by atoms with Crippen molar-refractivity contribution >= 4 is 15.9 Å². The predicted octanol–water partition coefficient (Wildman–Crippen LogP) is 1.71. The first-order chi connectivity index (χ1) is 11.5. The lowest BCUT2D eigenvalue weighted by atomic mass is 10.2. The molecule has 0 unspecified atom stereocenters. The highest BCUT2D eigenvalue weighted by Gasteiger charge is 2.26. The van der Waals surface area contributed by atoms with Crippen LogP contribution in [0.3, 0.4) is 0 Å². The van der Waals surface area contributed by atoms with Gasteiger partial charge in [0.15, 0.2) is 0 Å². The van der Waals surface area contributed by atoms with Crippen molar-refractivity contribution in [2.45, 2.75) is 37.5 Å². The van der Waals surface area contributed by atoms with Gasteiger partial charge >= 0.3 is 0 Å². The van der Waals surface area contributed by atoms with Gasteiger partial charge in [-0.3, -0.25) is 4.79 Å². The third-order valence-electron chi connectivity index (χ3n) is 4.32. The molecule has 1 aromatic carbocycles. The number of carbonyl (C=O) groups is 1. The van der Waals surface area contributed by atoms with Gasteiger partial charge in [0.25, 0.3) is 5.91 Å². The topological polar surface area (TPSA) is 77.9 Å². The smallest absolute Gasteiger partial charge is 0.253 e. The van der Waals surface area contributed by atoms with Crippen LogP contribution in [0, 0.1) is 0 Å². The molecule has 1 N–H and O–H groups in total. The third-order valence-corrected chi connectivity index (χ3v) is 6.22. The second-order valence-electron chi connectivity index (χ2n) is 5.95. The fourth-order valence-electron chi connectivity index (χ4n) is 2.93. The fraction of sp³-hybridized carbons (Fsp3) is 0.588. The van der Waals surface area contributed by atoms with Gasteiger partial charge in [0.2, 0.25) is 10.0 Å². The number of aliphatic hydroxyl groups excluding tert-OH is 1. The number of amides is 1. The van der Waals surface area contributed by atoms with Gasteiger partial charge in [0, 0.05) is 31.7 Å². The lowest BCUT2D eigenvalue weighted by Crippen LogP contribution is -2.34. The molecule has 1 saturated heterocycles. The Morgan fingerprint density at radius 2 is 1.88 bits per heavy atom. The molecular formula is C17H26N2O4S. The molecule has 1 aromatic rings. The number of sulfonamides is 1. The number of rotatable bonds is 6. The van der Waals surface area contributed by atoms with E-state index in [1.807, 2.05) is 6.92 Å². The van der Waals surface area contributed by atoms with Crippen LogP contribution in [-0.4, -0.2) is 61.4 Å². The summed E-state index contributed by atoms with van der Waals surface area (Å²) in [5, 5.41) is 9.05. The second kappa shape index (κ2) is 8.60. The molecule has 1 heterocycles. The summed E-state index contributed by atoms with van der Waals surface area (Å²) in [6.45, 7) is 3.47. The maximum Gasteiger partial charge on any atom is 0.253 e. The highest BCUT2D eigenvalue weighted by molar-refractivity contribution is 7.89. The van der Waals surface area contributed by atoms with E-state index in [0.29, 0.717) is 25.2 Å². The SMILES string of the molecule is CCN(CCO)C(=O)c1cccc(S(=O)(=O)N2CCCCCC2)c1. The van der Waals surface area contributed by atoms with Crippen molar-refractivity contribution in [3.8, 4) is 0 Å². The van der Waals surface area contributed by atoms with Gasteiger partial charge in [-0.1, -0.05) is 18.9 Å². The van der Waals surface area contributed by atoms with E-state index in [9.17, 15) is 13.2 Å². The molecule has 1 fully saturated rings. The van der Waals surface area contributed by atoms with Crippen molar-refractivity contribution in [1.29, 1.82) is 0 Å². The standard InChI is InChI=1S/C17H26N2O4S/c1-2-18(12-13-20)17(21)15-8-7-9-16(14-15)24(22,23)19-10-5-3-4-6-11-19/h7-9,14,20H,2-6,10-13H2,1H3. The van der Waals surface area contributed by atoms with Crippen LogP contribution in [-0.2, 0) is 10.0 Å². The Bertz CT molecular complexity index is 652. The van der Waals surface area contributed by atoms with E-state index in [0.717, 1.165) is 25.7 Å². The van der Waals surface area contributed by atoms with Gasteiger partial charge in [-0.15, -0.1) is 0 Å². The summed E-state index contributed by atoms with van der Waals surface area (Å²) >= 11 is 0. The molecule has 6 nitrogen and oxygen atoms in total. The maximum atomic E-state index is 12.8. The third kappa shape index (κ3) is 4.34. The van der Waals surface area contributed by atoms with Crippen molar-refractivity contribution in [1.82, 2.24) is 9.21 Å². The van der Waals surface area contributed by atoms with E-state index < -0.39 is 10.0 Å². The highest BCUT2D eigenvalue weighted by atomic mass is 32.2. The number of carbonyl (C=O) groups excluding carboxylic acids is 1. The Balaban J connectivity index is 2.27. The molecule has 134 valence electrons. The maximum absolute atomic E-state index is 12.8. The molecule has 2 rings (SSSR count). The van der Waals surface area contributed by atoms with Gasteiger partial charge in [0.1, 0.15) is 0 Å². The largest absolute Gasteiger partial charge is 0.395 e. The molecule has 0 spiro atoms. The molecule has 7 heteroatoms. The van der Waals surface area contributed by atoms with Crippen LogP contribution in [0.25, 0.3) is 0 Å². The van der Waals surface area contributed by atoms with Crippen LogP contribution in [0.4, 0.5) is 0 Å². The van der Waals surface area contributed by atoms with Gasteiger partial charge < -0.3 is 10.0 Å². The first-order valence-electron chi connectivity index (χ1n) is 8.51. The van der Waals surface area contributed by atoms with Crippen molar-refractivity contribution in [2.24, 2.45) is 0 Å². The molecule has 0 aromatic heterocycles. The number of hydrogen-bond acceptors (Lipinski definition) is 4. The Hall–Kier alpha value is -1.44. The minimum atomic E-state index is -3.57. The molecule has 1 amide bonds. The van der Waals surface area contributed by atoms with Crippen LogP contribution >= 0.6 is 0 Å². The predicted molar refractivity (Wildman–Crippen MR) is 92.3 cm³/mol. The first kappa shape index (κ1) is 18.9.